The Balaban J connectivity index is 1.47. The molecule has 7 heteroatoms. The number of amides is 2. The fourth-order valence-electron chi connectivity index (χ4n) is 3.00. The van der Waals surface area contributed by atoms with Crippen LogP contribution < -0.4 is 5.32 Å². The lowest BCUT2D eigenvalue weighted by Gasteiger charge is -2.32. The molecule has 0 spiro atoms. The van der Waals surface area contributed by atoms with Crippen molar-refractivity contribution in [1.29, 1.82) is 0 Å². The van der Waals surface area contributed by atoms with Crippen molar-refractivity contribution in [2.45, 2.75) is 38.6 Å². The summed E-state index contributed by atoms with van der Waals surface area (Å²) in [6.45, 7) is 4.22. The second-order valence-electron chi connectivity index (χ2n) is 5.92. The quantitative estimate of drug-likeness (QED) is 0.935. The maximum absolute atomic E-state index is 12.3. The number of piperidine rings is 1. The van der Waals surface area contributed by atoms with Gasteiger partial charge in [0.1, 0.15) is 5.01 Å². The van der Waals surface area contributed by atoms with E-state index in [2.05, 4.69) is 26.8 Å². The van der Waals surface area contributed by atoms with Gasteiger partial charge in [0, 0.05) is 49.0 Å². The first-order chi connectivity index (χ1) is 11.2. The van der Waals surface area contributed by atoms with E-state index >= 15 is 0 Å². The van der Waals surface area contributed by atoms with Crippen molar-refractivity contribution in [3.63, 3.8) is 0 Å². The summed E-state index contributed by atoms with van der Waals surface area (Å²) in [5.74, 6) is 0.498. The first-order valence-corrected chi connectivity index (χ1v) is 8.91. The summed E-state index contributed by atoms with van der Waals surface area (Å²) in [7, 11) is 2.03. The van der Waals surface area contributed by atoms with Crippen LogP contribution in [0.3, 0.4) is 0 Å². The average molecular weight is 333 g/mol. The number of aryl methyl sites for hydroxylation is 2. The number of aromatic nitrogens is 3. The van der Waals surface area contributed by atoms with E-state index in [0.717, 1.165) is 37.4 Å². The lowest BCUT2D eigenvalue weighted by Crippen LogP contribution is -2.44. The molecule has 6 nitrogen and oxygen atoms in total. The van der Waals surface area contributed by atoms with Gasteiger partial charge in [-0.3, -0.25) is 0 Å². The zero-order valence-corrected chi connectivity index (χ0v) is 14.5. The first-order valence-electron chi connectivity index (χ1n) is 8.10. The van der Waals surface area contributed by atoms with Crippen LogP contribution in [0.25, 0.3) is 0 Å². The van der Waals surface area contributed by atoms with Crippen LogP contribution in [-0.4, -0.2) is 38.6 Å². The van der Waals surface area contributed by atoms with Crippen LogP contribution in [0, 0.1) is 0 Å². The van der Waals surface area contributed by atoms with Crippen LogP contribution in [-0.2, 0) is 20.0 Å². The van der Waals surface area contributed by atoms with Gasteiger partial charge < -0.3 is 14.8 Å². The van der Waals surface area contributed by atoms with E-state index in [1.54, 1.807) is 11.3 Å². The van der Waals surface area contributed by atoms with E-state index in [-0.39, 0.29) is 6.03 Å². The van der Waals surface area contributed by atoms with Gasteiger partial charge >= 0.3 is 6.03 Å². The highest BCUT2D eigenvalue weighted by Crippen LogP contribution is 2.27. The van der Waals surface area contributed by atoms with E-state index in [1.807, 2.05) is 30.7 Å². The number of rotatable bonds is 4. The molecule has 1 saturated heterocycles. The van der Waals surface area contributed by atoms with Crippen LogP contribution in [0.1, 0.15) is 41.3 Å². The van der Waals surface area contributed by atoms with Gasteiger partial charge in [-0.2, -0.15) is 0 Å². The maximum Gasteiger partial charge on any atom is 0.317 e. The fraction of sp³-hybridized carbons (Fsp3) is 0.562. The van der Waals surface area contributed by atoms with Gasteiger partial charge in [0.15, 0.2) is 0 Å². The summed E-state index contributed by atoms with van der Waals surface area (Å²) in [6.07, 6.45) is 8.65. The monoisotopic (exact) mass is 333 g/mol. The second kappa shape index (κ2) is 7.12. The Morgan fingerprint density at radius 1 is 1.39 bits per heavy atom. The number of thiazole rings is 1. The fourth-order valence-corrected chi connectivity index (χ4v) is 3.80. The van der Waals surface area contributed by atoms with E-state index in [1.165, 1.54) is 10.6 Å². The van der Waals surface area contributed by atoms with Crippen molar-refractivity contribution in [2.24, 2.45) is 7.05 Å². The molecule has 3 rings (SSSR count). The minimum atomic E-state index is 0.0155. The van der Waals surface area contributed by atoms with Crippen LogP contribution in [0.15, 0.2) is 18.7 Å². The topological polar surface area (TPSA) is 63.1 Å². The van der Waals surface area contributed by atoms with Gasteiger partial charge in [-0.15, -0.1) is 11.3 Å². The molecule has 1 aliphatic heterocycles. The predicted octanol–water partition coefficient (Wildman–Crippen LogP) is 2.53. The molecule has 0 atom stereocenters. The number of carbonyl (C=O) groups excluding carboxylic acids is 1. The predicted molar refractivity (Wildman–Crippen MR) is 90.5 cm³/mol. The van der Waals surface area contributed by atoms with Crippen LogP contribution >= 0.6 is 11.3 Å². The molecule has 1 N–H and O–H groups in total. The highest BCUT2D eigenvalue weighted by molar-refractivity contribution is 7.11. The van der Waals surface area contributed by atoms with Gasteiger partial charge in [-0.1, -0.05) is 6.92 Å². The van der Waals surface area contributed by atoms with Crippen LogP contribution in [0.5, 0.6) is 0 Å². The van der Waals surface area contributed by atoms with Gasteiger partial charge in [0.2, 0.25) is 0 Å². The summed E-state index contributed by atoms with van der Waals surface area (Å²) in [5, 5.41) is 3.96. The van der Waals surface area contributed by atoms with E-state index in [0.29, 0.717) is 12.5 Å². The largest absolute Gasteiger partial charge is 0.337 e. The van der Waals surface area contributed by atoms with E-state index < -0.39 is 0 Å². The number of carbonyl (C=O) groups is 1. The van der Waals surface area contributed by atoms with Crippen molar-refractivity contribution >= 4 is 17.4 Å². The van der Waals surface area contributed by atoms with Crippen molar-refractivity contribution in [2.75, 3.05) is 13.1 Å². The normalized spacial score (nSPS) is 15.8. The number of hydrogen-bond donors (Lipinski definition) is 1. The molecule has 2 aromatic heterocycles. The minimum Gasteiger partial charge on any atom is -0.337 e. The molecule has 2 amide bonds. The lowest BCUT2D eigenvalue weighted by atomic mass is 9.94. The molecule has 0 aliphatic carbocycles. The van der Waals surface area contributed by atoms with Crippen molar-refractivity contribution < 1.29 is 4.79 Å². The smallest absolute Gasteiger partial charge is 0.317 e. The third-order valence-corrected chi connectivity index (χ3v) is 5.54. The highest BCUT2D eigenvalue weighted by atomic mass is 32.1. The molecular weight excluding hydrogens is 310 g/mol. The number of nitrogens with zero attached hydrogens (tertiary/aromatic N) is 4. The van der Waals surface area contributed by atoms with Crippen molar-refractivity contribution in [3.8, 4) is 0 Å². The number of hydrogen-bond acceptors (Lipinski definition) is 4. The number of likely N-dealkylation sites (tertiary alicyclic amines) is 1. The Morgan fingerprint density at radius 2 is 2.17 bits per heavy atom. The Hall–Kier alpha value is -1.89. The summed E-state index contributed by atoms with van der Waals surface area (Å²) in [4.78, 5) is 24.0. The molecule has 0 aromatic carbocycles. The summed E-state index contributed by atoms with van der Waals surface area (Å²) in [5.41, 5.74) is 1.26. The first kappa shape index (κ1) is 16.0. The Morgan fingerprint density at radius 3 is 2.78 bits per heavy atom. The molecule has 0 unspecified atom stereocenters. The maximum atomic E-state index is 12.3. The highest BCUT2D eigenvalue weighted by Gasteiger charge is 2.25. The Bertz CT molecular complexity index is 657. The SMILES string of the molecule is CCc1cnc(CNC(=O)N2CCC(c3cncn3C)CC2)s1. The molecule has 23 heavy (non-hydrogen) atoms. The van der Waals surface area contributed by atoms with Crippen LogP contribution in [0.4, 0.5) is 4.79 Å². The standard InChI is InChI=1S/C16H23N5OS/c1-3-13-8-18-15(23-13)10-19-16(22)21-6-4-12(5-7-21)14-9-17-11-20(14)2/h8-9,11-12H,3-7,10H2,1-2H3,(H,19,22). The summed E-state index contributed by atoms with van der Waals surface area (Å²) < 4.78 is 2.08. The van der Waals surface area contributed by atoms with Gasteiger partial charge in [-0.25, -0.2) is 14.8 Å². The summed E-state index contributed by atoms with van der Waals surface area (Å²) >= 11 is 1.67. The van der Waals surface area contributed by atoms with Crippen molar-refractivity contribution in [1.82, 2.24) is 24.8 Å². The molecule has 124 valence electrons. The van der Waals surface area contributed by atoms with Gasteiger partial charge in [-0.05, 0) is 19.3 Å². The molecule has 0 bridgehead atoms. The number of urea groups is 1. The van der Waals surface area contributed by atoms with Crippen molar-refractivity contribution in [3.05, 3.63) is 34.3 Å². The van der Waals surface area contributed by atoms with Crippen LogP contribution in [0.2, 0.25) is 0 Å². The number of nitrogens with one attached hydrogen (secondary N) is 1. The molecule has 1 aliphatic rings. The third kappa shape index (κ3) is 3.72. The average Bonchev–Trinajstić information content (AvgIpc) is 3.21. The van der Waals surface area contributed by atoms with Gasteiger partial charge in [0.25, 0.3) is 0 Å². The zero-order chi connectivity index (χ0) is 16.2. The second-order valence-corrected chi connectivity index (χ2v) is 7.12. The molecule has 0 saturated carbocycles. The Labute approximate surface area is 140 Å². The molecule has 1 fully saturated rings. The van der Waals surface area contributed by atoms with Gasteiger partial charge in [0.05, 0.1) is 12.9 Å². The lowest BCUT2D eigenvalue weighted by molar-refractivity contribution is 0.180. The molecule has 3 heterocycles. The summed E-state index contributed by atoms with van der Waals surface area (Å²) in [6, 6.07) is 0.0155. The van der Waals surface area contributed by atoms with E-state index in [4.69, 9.17) is 0 Å². The molecule has 0 radical (unpaired) electrons. The third-order valence-electron chi connectivity index (χ3n) is 4.40. The molecular formula is C16H23N5OS. The number of imidazole rings is 1. The molecule has 2 aromatic rings. The zero-order valence-electron chi connectivity index (χ0n) is 13.7. The minimum absolute atomic E-state index is 0.0155. The Kier molecular flexibility index (Phi) is 4.95. The van der Waals surface area contributed by atoms with E-state index in [9.17, 15) is 4.79 Å².